The van der Waals surface area contributed by atoms with Crippen LogP contribution in [0.3, 0.4) is 0 Å². The molecule has 2 aromatic rings. The molecule has 120 valence electrons. The molecule has 0 aliphatic carbocycles. The minimum Gasteiger partial charge on any atom is -0.318 e. The van der Waals surface area contributed by atoms with Crippen LogP contribution in [-0.4, -0.2) is 31.8 Å². The average molecular weight is 305 g/mol. The first-order valence-corrected chi connectivity index (χ1v) is 8.09. The smallest absolute Gasteiger partial charge is 0.318 e. The Morgan fingerprint density at radius 1 is 1.18 bits per heavy atom. The summed E-state index contributed by atoms with van der Waals surface area (Å²) in [7, 11) is 0. The largest absolute Gasteiger partial charge is 0.332 e. The van der Waals surface area contributed by atoms with Gasteiger partial charge in [0.05, 0.1) is 0 Å². The summed E-state index contributed by atoms with van der Waals surface area (Å²) >= 11 is 0. The molecule has 1 N–H and O–H groups in total. The summed E-state index contributed by atoms with van der Waals surface area (Å²) in [5.74, 6) is 0.885. The molecule has 0 saturated carbocycles. The number of aromatic nitrogens is 4. The Kier molecular flexibility index (Phi) is 3.90. The van der Waals surface area contributed by atoms with Crippen LogP contribution in [0.25, 0.3) is 11.2 Å². The van der Waals surface area contributed by atoms with E-state index >= 15 is 0 Å². The van der Waals surface area contributed by atoms with Gasteiger partial charge < -0.3 is 9.88 Å². The van der Waals surface area contributed by atoms with Gasteiger partial charge in [-0.1, -0.05) is 6.92 Å². The molecule has 2 aromatic heterocycles. The fraction of sp³-hybridized carbons (Fsp3) is 0.667. The Hall–Kier alpha value is -1.89. The van der Waals surface area contributed by atoms with E-state index in [1.54, 1.807) is 4.57 Å². The maximum atomic E-state index is 12.8. The SMILES string of the molecule is CCc1nc2c(c(=O)n(CC)c(=O)n2CC)n1C1CCNC1. The minimum atomic E-state index is -0.264. The van der Waals surface area contributed by atoms with E-state index < -0.39 is 0 Å². The van der Waals surface area contributed by atoms with Crippen LogP contribution in [0.1, 0.15) is 39.1 Å². The van der Waals surface area contributed by atoms with Crippen LogP contribution in [0.5, 0.6) is 0 Å². The first-order valence-electron chi connectivity index (χ1n) is 8.09. The van der Waals surface area contributed by atoms with Gasteiger partial charge in [0.15, 0.2) is 11.2 Å². The summed E-state index contributed by atoms with van der Waals surface area (Å²) in [4.78, 5) is 29.9. The van der Waals surface area contributed by atoms with Gasteiger partial charge in [0.2, 0.25) is 0 Å². The minimum absolute atomic E-state index is 0.216. The lowest BCUT2D eigenvalue weighted by molar-refractivity contribution is 0.534. The van der Waals surface area contributed by atoms with Crippen molar-refractivity contribution in [1.82, 2.24) is 24.0 Å². The lowest BCUT2D eigenvalue weighted by Crippen LogP contribution is -2.40. The highest BCUT2D eigenvalue weighted by atomic mass is 16.2. The highest BCUT2D eigenvalue weighted by Gasteiger charge is 2.26. The molecule has 1 unspecified atom stereocenters. The number of aryl methyl sites for hydroxylation is 2. The van der Waals surface area contributed by atoms with Gasteiger partial charge in [0, 0.05) is 32.1 Å². The standard InChI is InChI=1S/C15H23N5O2/c1-4-11-17-13-12(20(11)10-7-8-16-9-10)14(21)19(6-3)15(22)18(13)5-2/h10,16H,4-9H2,1-3H3. The van der Waals surface area contributed by atoms with E-state index in [-0.39, 0.29) is 17.3 Å². The fourth-order valence-electron chi connectivity index (χ4n) is 3.37. The molecule has 0 spiro atoms. The van der Waals surface area contributed by atoms with E-state index in [2.05, 4.69) is 14.9 Å². The highest BCUT2D eigenvalue weighted by Crippen LogP contribution is 2.23. The third-order valence-corrected chi connectivity index (χ3v) is 4.48. The first-order chi connectivity index (χ1) is 10.6. The van der Waals surface area contributed by atoms with Crippen LogP contribution in [0.15, 0.2) is 9.59 Å². The molecule has 7 heteroatoms. The van der Waals surface area contributed by atoms with Crippen molar-refractivity contribution in [3.8, 4) is 0 Å². The highest BCUT2D eigenvalue weighted by molar-refractivity contribution is 5.71. The zero-order valence-electron chi connectivity index (χ0n) is 13.4. The van der Waals surface area contributed by atoms with Crippen LogP contribution in [0.4, 0.5) is 0 Å². The maximum absolute atomic E-state index is 12.8. The molecule has 1 saturated heterocycles. The van der Waals surface area contributed by atoms with Gasteiger partial charge in [0.25, 0.3) is 5.56 Å². The second-order valence-electron chi connectivity index (χ2n) is 5.65. The monoisotopic (exact) mass is 305 g/mol. The van der Waals surface area contributed by atoms with Crippen molar-refractivity contribution in [2.75, 3.05) is 13.1 Å². The van der Waals surface area contributed by atoms with Gasteiger partial charge in [-0.15, -0.1) is 0 Å². The third kappa shape index (κ3) is 2.03. The van der Waals surface area contributed by atoms with E-state index in [1.165, 1.54) is 4.57 Å². The predicted octanol–water partition coefficient (Wildman–Crippen LogP) is 0.496. The Morgan fingerprint density at radius 3 is 2.45 bits per heavy atom. The lowest BCUT2D eigenvalue weighted by Gasteiger charge is -2.15. The molecule has 1 fully saturated rings. The molecule has 0 radical (unpaired) electrons. The number of fused-ring (bicyclic) bond motifs is 1. The predicted molar refractivity (Wildman–Crippen MR) is 85.5 cm³/mol. The van der Waals surface area contributed by atoms with E-state index in [4.69, 9.17) is 0 Å². The third-order valence-electron chi connectivity index (χ3n) is 4.48. The number of hydrogen-bond acceptors (Lipinski definition) is 4. The van der Waals surface area contributed by atoms with E-state index in [9.17, 15) is 9.59 Å². The molecule has 7 nitrogen and oxygen atoms in total. The van der Waals surface area contributed by atoms with Gasteiger partial charge in [-0.25, -0.2) is 9.78 Å². The first kappa shape index (κ1) is 15.0. The fourth-order valence-corrected chi connectivity index (χ4v) is 3.37. The second-order valence-corrected chi connectivity index (χ2v) is 5.65. The molecule has 0 amide bonds. The molecule has 1 aliphatic heterocycles. The van der Waals surface area contributed by atoms with Crippen LogP contribution in [0.2, 0.25) is 0 Å². The van der Waals surface area contributed by atoms with Crippen molar-refractivity contribution in [2.24, 2.45) is 0 Å². The van der Waals surface area contributed by atoms with Crippen molar-refractivity contribution < 1.29 is 0 Å². The average Bonchev–Trinajstić information content (AvgIpc) is 3.14. The summed E-state index contributed by atoms with van der Waals surface area (Å²) in [5.41, 5.74) is 0.630. The quantitative estimate of drug-likeness (QED) is 0.892. The number of nitrogens with zero attached hydrogens (tertiary/aromatic N) is 4. The van der Waals surface area contributed by atoms with Gasteiger partial charge in [0.1, 0.15) is 5.82 Å². The zero-order chi connectivity index (χ0) is 15.9. The van der Waals surface area contributed by atoms with Crippen LogP contribution in [0, 0.1) is 0 Å². The molecule has 0 aromatic carbocycles. The molecule has 1 aliphatic rings. The van der Waals surface area contributed by atoms with Crippen molar-refractivity contribution in [3.63, 3.8) is 0 Å². The molecule has 1 atom stereocenters. The normalized spacial score (nSPS) is 18.4. The lowest BCUT2D eigenvalue weighted by atomic mass is 10.2. The molecule has 3 heterocycles. The van der Waals surface area contributed by atoms with Gasteiger partial charge in [-0.05, 0) is 26.8 Å². The summed E-state index contributed by atoms with van der Waals surface area (Å²) in [6, 6.07) is 0.237. The molecule has 0 bridgehead atoms. The van der Waals surface area contributed by atoms with Crippen LogP contribution < -0.4 is 16.6 Å². The van der Waals surface area contributed by atoms with Crippen molar-refractivity contribution >= 4 is 11.2 Å². The number of rotatable bonds is 4. The van der Waals surface area contributed by atoms with E-state index in [0.29, 0.717) is 24.3 Å². The van der Waals surface area contributed by atoms with Gasteiger partial charge >= 0.3 is 5.69 Å². The van der Waals surface area contributed by atoms with Crippen molar-refractivity contribution in [2.45, 2.75) is 52.7 Å². The van der Waals surface area contributed by atoms with Gasteiger partial charge in [-0.3, -0.25) is 13.9 Å². The summed E-state index contributed by atoms with van der Waals surface area (Å²) in [6.07, 6.45) is 1.73. The van der Waals surface area contributed by atoms with E-state index in [0.717, 1.165) is 31.8 Å². The molecular formula is C15H23N5O2. The summed E-state index contributed by atoms with van der Waals surface area (Å²) in [6.45, 7) is 8.45. The Labute approximate surface area is 128 Å². The maximum Gasteiger partial charge on any atom is 0.332 e. The Morgan fingerprint density at radius 2 is 1.91 bits per heavy atom. The summed E-state index contributed by atoms with van der Waals surface area (Å²) in [5, 5.41) is 3.34. The number of hydrogen-bond donors (Lipinski definition) is 1. The molecular weight excluding hydrogens is 282 g/mol. The Bertz CT molecular complexity index is 808. The van der Waals surface area contributed by atoms with Gasteiger partial charge in [-0.2, -0.15) is 0 Å². The number of nitrogens with one attached hydrogen (secondary N) is 1. The number of imidazole rings is 1. The molecule has 3 rings (SSSR count). The Balaban J connectivity index is 2.44. The van der Waals surface area contributed by atoms with Crippen LogP contribution in [-0.2, 0) is 19.5 Å². The topological polar surface area (TPSA) is 73.8 Å². The zero-order valence-corrected chi connectivity index (χ0v) is 13.4. The second kappa shape index (κ2) is 5.72. The molecule has 22 heavy (non-hydrogen) atoms. The van der Waals surface area contributed by atoms with Crippen molar-refractivity contribution in [3.05, 3.63) is 26.7 Å². The summed E-state index contributed by atoms with van der Waals surface area (Å²) < 4.78 is 4.99. The van der Waals surface area contributed by atoms with Crippen molar-refractivity contribution in [1.29, 1.82) is 0 Å². The van der Waals surface area contributed by atoms with Crippen LogP contribution >= 0.6 is 0 Å². The van der Waals surface area contributed by atoms with E-state index in [1.807, 2.05) is 20.8 Å².